The molecule has 0 aromatic heterocycles. The van der Waals surface area contributed by atoms with Crippen molar-refractivity contribution in [1.29, 1.82) is 0 Å². The lowest BCUT2D eigenvalue weighted by molar-refractivity contribution is -0.383. The van der Waals surface area contributed by atoms with Crippen molar-refractivity contribution >= 4 is 17.1 Å². The second-order valence-corrected chi connectivity index (χ2v) is 3.70. The zero-order valence-corrected chi connectivity index (χ0v) is 9.77. The number of nitrogens with zero attached hydrogens (tertiary/aromatic N) is 2. The molecule has 5 nitrogen and oxygen atoms in total. The van der Waals surface area contributed by atoms with Crippen molar-refractivity contribution in [3.8, 4) is 0 Å². The Kier molecular flexibility index (Phi) is 4.95. The van der Waals surface area contributed by atoms with E-state index in [0.29, 0.717) is 12.2 Å². The van der Waals surface area contributed by atoms with E-state index in [0.717, 1.165) is 19.3 Å². The van der Waals surface area contributed by atoms with Gasteiger partial charge in [0, 0.05) is 12.6 Å². The van der Waals surface area contributed by atoms with Crippen LogP contribution in [0.3, 0.4) is 0 Å². The highest BCUT2D eigenvalue weighted by Gasteiger charge is 2.13. The van der Waals surface area contributed by atoms with Crippen molar-refractivity contribution in [3.63, 3.8) is 0 Å². The summed E-state index contributed by atoms with van der Waals surface area (Å²) in [6.45, 7) is 9.65. The zero-order valence-electron chi connectivity index (χ0n) is 9.77. The van der Waals surface area contributed by atoms with Gasteiger partial charge < -0.3 is 5.32 Å². The van der Waals surface area contributed by atoms with Gasteiger partial charge in [-0.05, 0) is 12.5 Å². The van der Waals surface area contributed by atoms with Gasteiger partial charge in [-0.2, -0.15) is 0 Å². The van der Waals surface area contributed by atoms with Gasteiger partial charge in [-0.3, -0.25) is 10.1 Å². The highest BCUT2D eigenvalue weighted by atomic mass is 16.6. The summed E-state index contributed by atoms with van der Waals surface area (Å²) in [5, 5.41) is 13.9. The molecule has 0 spiro atoms. The fourth-order valence-electron chi connectivity index (χ4n) is 1.49. The Labute approximate surface area is 100 Å². The molecule has 0 bridgehead atoms. The van der Waals surface area contributed by atoms with Gasteiger partial charge in [0.1, 0.15) is 5.69 Å². The number of hydrogen-bond acceptors (Lipinski definition) is 3. The molecule has 0 saturated carbocycles. The van der Waals surface area contributed by atoms with Crippen molar-refractivity contribution < 1.29 is 4.92 Å². The maximum Gasteiger partial charge on any atom is 0.282 e. The number of anilines is 1. The SMILES string of the molecule is [C-]#[N+]c1ccc(NCCCCC)c([N+](=O)[O-])c1. The summed E-state index contributed by atoms with van der Waals surface area (Å²) in [6, 6.07) is 4.48. The third-order valence-electron chi connectivity index (χ3n) is 2.40. The van der Waals surface area contributed by atoms with Crippen molar-refractivity contribution in [2.24, 2.45) is 0 Å². The van der Waals surface area contributed by atoms with E-state index in [1.165, 1.54) is 6.07 Å². The predicted octanol–water partition coefficient (Wildman–Crippen LogP) is 3.75. The molecule has 0 heterocycles. The maximum absolute atomic E-state index is 10.8. The summed E-state index contributed by atoms with van der Waals surface area (Å²) in [5.41, 5.74) is 0.740. The third-order valence-corrected chi connectivity index (χ3v) is 2.40. The molecule has 0 radical (unpaired) electrons. The van der Waals surface area contributed by atoms with Crippen LogP contribution in [0, 0.1) is 16.7 Å². The molecule has 0 aliphatic heterocycles. The summed E-state index contributed by atoms with van der Waals surface area (Å²) < 4.78 is 0. The third kappa shape index (κ3) is 3.76. The second-order valence-electron chi connectivity index (χ2n) is 3.70. The first-order valence-electron chi connectivity index (χ1n) is 5.58. The van der Waals surface area contributed by atoms with Crippen molar-refractivity contribution in [1.82, 2.24) is 0 Å². The van der Waals surface area contributed by atoms with Gasteiger partial charge in [-0.15, -0.1) is 0 Å². The molecule has 0 fully saturated rings. The van der Waals surface area contributed by atoms with Gasteiger partial charge in [-0.1, -0.05) is 25.8 Å². The molecule has 1 N–H and O–H groups in total. The van der Waals surface area contributed by atoms with Gasteiger partial charge in [-0.25, -0.2) is 4.85 Å². The number of benzene rings is 1. The summed E-state index contributed by atoms with van der Waals surface area (Å²) >= 11 is 0. The Balaban J connectivity index is 2.77. The van der Waals surface area contributed by atoms with Crippen LogP contribution in [0.15, 0.2) is 18.2 Å². The average Bonchev–Trinajstić information content (AvgIpc) is 2.34. The van der Waals surface area contributed by atoms with Crippen molar-refractivity contribution in [3.05, 3.63) is 39.7 Å². The van der Waals surface area contributed by atoms with E-state index >= 15 is 0 Å². The summed E-state index contributed by atoms with van der Waals surface area (Å²) in [4.78, 5) is 13.6. The molecular weight excluding hydrogens is 218 g/mol. The number of hydrogen-bond donors (Lipinski definition) is 1. The molecule has 0 atom stereocenters. The monoisotopic (exact) mass is 233 g/mol. The molecule has 0 unspecified atom stereocenters. The number of nitrogens with one attached hydrogen (secondary N) is 1. The largest absolute Gasteiger partial charge is 0.380 e. The van der Waals surface area contributed by atoms with Crippen LogP contribution in [-0.4, -0.2) is 11.5 Å². The molecule has 0 aliphatic carbocycles. The smallest absolute Gasteiger partial charge is 0.282 e. The van der Waals surface area contributed by atoms with Crippen LogP contribution in [0.25, 0.3) is 4.85 Å². The Morgan fingerprint density at radius 2 is 2.24 bits per heavy atom. The van der Waals surface area contributed by atoms with Crippen molar-refractivity contribution in [2.45, 2.75) is 26.2 Å². The minimum absolute atomic E-state index is 0.0324. The van der Waals surface area contributed by atoms with E-state index in [-0.39, 0.29) is 11.4 Å². The molecule has 1 aromatic carbocycles. The van der Waals surface area contributed by atoms with Gasteiger partial charge in [0.15, 0.2) is 5.69 Å². The van der Waals surface area contributed by atoms with Gasteiger partial charge >= 0.3 is 0 Å². The van der Waals surface area contributed by atoms with Crippen LogP contribution < -0.4 is 5.32 Å². The molecule has 1 rings (SSSR count). The molecule has 5 heteroatoms. The highest BCUT2D eigenvalue weighted by Crippen LogP contribution is 2.29. The normalized spacial score (nSPS) is 9.65. The van der Waals surface area contributed by atoms with E-state index in [9.17, 15) is 10.1 Å². The number of nitro groups is 1. The topological polar surface area (TPSA) is 59.5 Å². The molecule has 0 saturated heterocycles. The minimum Gasteiger partial charge on any atom is -0.380 e. The lowest BCUT2D eigenvalue weighted by Crippen LogP contribution is -2.03. The first-order valence-corrected chi connectivity index (χ1v) is 5.58. The lowest BCUT2D eigenvalue weighted by atomic mass is 10.2. The van der Waals surface area contributed by atoms with Crippen LogP contribution in [0.4, 0.5) is 17.1 Å². The molecule has 17 heavy (non-hydrogen) atoms. The molecular formula is C12H15N3O2. The predicted molar refractivity (Wildman–Crippen MR) is 67.4 cm³/mol. The average molecular weight is 233 g/mol. The fourth-order valence-corrected chi connectivity index (χ4v) is 1.49. The molecule has 90 valence electrons. The Bertz CT molecular complexity index is 438. The lowest BCUT2D eigenvalue weighted by Gasteiger charge is -2.06. The fraction of sp³-hybridized carbons (Fsp3) is 0.417. The van der Waals surface area contributed by atoms with Gasteiger partial charge in [0.2, 0.25) is 0 Å². The van der Waals surface area contributed by atoms with Crippen LogP contribution in [0.2, 0.25) is 0 Å². The quantitative estimate of drug-likeness (QED) is 0.352. The first-order chi connectivity index (χ1) is 8.19. The number of unbranched alkanes of at least 4 members (excludes halogenated alkanes) is 2. The molecule has 0 amide bonds. The van der Waals surface area contributed by atoms with E-state index in [1.807, 2.05) is 0 Å². The zero-order chi connectivity index (χ0) is 12.7. The Hall–Kier alpha value is -2.09. The number of rotatable bonds is 6. The first kappa shape index (κ1) is 13.0. The second kappa shape index (κ2) is 6.48. The van der Waals surface area contributed by atoms with Crippen LogP contribution in [0.5, 0.6) is 0 Å². The summed E-state index contributed by atoms with van der Waals surface area (Å²) in [7, 11) is 0. The van der Waals surface area contributed by atoms with Gasteiger partial charge in [0.25, 0.3) is 5.69 Å². The summed E-state index contributed by atoms with van der Waals surface area (Å²) in [5.74, 6) is 0. The Morgan fingerprint density at radius 3 is 2.82 bits per heavy atom. The Morgan fingerprint density at radius 1 is 1.47 bits per heavy atom. The molecule has 1 aromatic rings. The van der Waals surface area contributed by atoms with Crippen molar-refractivity contribution in [2.75, 3.05) is 11.9 Å². The van der Waals surface area contributed by atoms with Crippen LogP contribution in [-0.2, 0) is 0 Å². The standard InChI is InChI=1S/C12H15N3O2/c1-3-4-5-8-14-11-7-6-10(13-2)9-12(11)15(16)17/h6-7,9,14H,3-5,8H2,1H3. The molecule has 0 aliphatic rings. The highest BCUT2D eigenvalue weighted by molar-refractivity contribution is 5.68. The van der Waals surface area contributed by atoms with Gasteiger partial charge in [0.05, 0.1) is 11.5 Å². The van der Waals surface area contributed by atoms with E-state index in [2.05, 4.69) is 17.1 Å². The van der Waals surface area contributed by atoms with E-state index in [1.54, 1.807) is 12.1 Å². The summed E-state index contributed by atoms with van der Waals surface area (Å²) in [6.07, 6.45) is 3.19. The van der Waals surface area contributed by atoms with E-state index in [4.69, 9.17) is 6.57 Å². The van der Waals surface area contributed by atoms with E-state index < -0.39 is 4.92 Å². The van der Waals surface area contributed by atoms with Crippen LogP contribution in [0.1, 0.15) is 26.2 Å². The number of nitro benzene ring substituents is 1. The maximum atomic E-state index is 10.8. The minimum atomic E-state index is -0.461. The van der Waals surface area contributed by atoms with Crippen LogP contribution >= 0.6 is 0 Å².